The molecule has 3 aromatic rings. The molecule has 0 amide bonds. The van der Waals surface area contributed by atoms with E-state index in [2.05, 4.69) is 19.9 Å². The number of aromatic nitrogens is 4. The van der Waals surface area contributed by atoms with Crippen LogP contribution in [-0.4, -0.2) is 28.4 Å². The number of hydrogen-bond acceptors (Lipinski definition) is 6. The standard InChI is InChI=1S/C11H8ClN5O2S2/c12-11-13-7-10(20-11)21(18,19)16-8-1-3-9(4-2-8)17-14-5-6-15-17/h1-7,16H. The Labute approximate surface area is 129 Å². The number of thiazole rings is 1. The van der Waals surface area contributed by atoms with Gasteiger partial charge in [0.25, 0.3) is 10.0 Å². The summed E-state index contributed by atoms with van der Waals surface area (Å²) in [7, 11) is -3.68. The number of anilines is 1. The summed E-state index contributed by atoms with van der Waals surface area (Å²) in [6.45, 7) is 0. The van der Waals surface area contributed by atoms with E-state index in [0.717, 1.165) is 17.0 Å². The monoisotopic (exact) mass is 341 g/mol. The number of hydrogen-bond donors (Lipinski definition) is 1. The molecule has 0 aliphatic heterocycles. The molecule has 0 saturated heterocycles. The van der Waals surface area contributed by atoms with Gasteiger partial charge in [0.15, 0.2) is 8.68 Å². The molecule has 0 radical (unpaired) electrons. The summed E-state index contributed by atoms with van der Waals surface area (Å²) in [5.41, 5.74) is 1.15. The molecule has 1 aromatic carbocycles. The van der Waals surface area contributed by atoms with Crippen molar-refractivity contribution in [3.05, 3.63) is 47.3 Å². The van der Waals surface area contributed by atoms with Gasteiger partial charge in [0.2, 0.25) is 0 Å². The van der Waals surface area contributed by atoms with Crippen LogP contribution in [0, 0.1) is 0 Å². The maximum atomic E-state index is 12.1. The van der Waals surface area contributed by atoms with Crippen LogP contribution in [-0.2, 0) is 10.0 Å². The van der Waals surface area contributed by atoms with Gasteiger partial charge in [0.1, 0.15) is 0 Å². The second-order valence-corrected chi connectivity index (χ2v) is 7.43. The third-order valence-electron chi connectivity index (χ3n) is 2.49. The predicted molar refractivity (Wildman–Crippen MR) is 79.3 cm³/mol. The molecule has 0 fully saturated rings. The van der Waals surface area contributed by atoms with Crippen LogP contribution < -0.4 is 4.72 Å². The molecule has 0 aliphatic carbocycles. The van der Waals surface area contributed by atoms with Gasteiger partial charge in [-0.15, -0.1) is 0 Å². The van der Waals surface area contributed by atoms with Gasteiger partial charge in [-0.2, -0.15) is 15.0 Å². The van der Waals surface area contributed by atoms with Crippen LogP contribution in [0.25, 0.3) is 5.69 Å². The maximum absolute atomic E-state index is 12.1. The molecule has 1 N–H and O–H groups in total. The van der Waals surface area contributed by atoms with Crippen molar-refractivity contribution in [2.75, 3.05) is 4.72 Å². The Balaban J connectivity index is 1.82. The van der Waals surface area contributed by atoms with Crippen LogP contribution in [0.2, 0.25) is 4.47 Å². The first kappa shape index (κ1) is 14.0. The van der Waals surface area contributed by atoms with Gasteiger partial charge in [-0.05, 0) is 24.3 Å². The van der Waals surface area contributed by atoms with Crippen LogP contribution in [0.1, 0.15) is 0 Å². The molecular formula is C11H8ClN5O2S2. The van der Waals surface area contributed by atoms with Gasteiger partial charge in [-0.3, -0.25) is 4.72 Å². The van der Waals surface area contributed by atoms with Crippen LogP contribution in [0.5, 0.6) is 0 Å². The zero-order valence-electron chi connectivity index (χ0n) is 10.3. The minimum atomic E-state index is -3.68. The fourth-order valence-corrected chi connectivity index (χ4v) is 3.93. The zero-order chi connectivity index (χ0) is 14.9. The topological polar surface area (TPSA) is 89.8 Å². The van der Waals surface area contributed by atoms with Crippen molar-refractivity contribution in [2.24, 2.45) is 0 Å². The molecule has 0 spiro atoms. The average Bonchev–Trinajstić information content (AvgIpc) is 3.10. The van der Waals surface area contributed by atoms with E-state index in [9.17, 15) is 8.42 Å². The fraction of sp³-hybridized carbons (Fsp3) is 0. The van der Waals surface area contributed by atoms with Gasteiger partial charge in [-0.1, -0.05) is 22.9 Å². The summed E-state index contributed by atoms with van der Waals surface area (Å²) in [4.78, 5) is 5.15. The van der Waals surface area contributed by atoms with E-state index >= 15 is 0 Å². The lowest BCUT2D eigenvalue weighted by Gasteiger charge is -2.06. The normalized spacial score (nSPS) is 11.5. The molecule has 3 rings (SSSR count). The summed E-state index contributed by atoms with van der Waals surface area (Å²) < 4.78 is 26.9. The number of rotatable bonds is 4. The second-order valence-electron chi connectivity index (χ2n) is 3.90. The lowest BCUT2D eigenvalue weighted by Crippen LogP contribution is -2.11. The largest absolute Gasteiger partial charge is 0.279 e. The third kappa shape index (κ3) is 3.04. The fourth-order valence-electron chi connectivity index (χ4n) is 1.58. The Bertz CT molecular complexity index is 843. The second kappa shape index (κ2) is 5.43. The van der Waals surface area contributed by atoms with E-state index in [1.807, 2.05) is 0 Å². The Morgan fingerprint density at radius 1 is 1.14 bits per heavy atom. The molecule has 7 nitrogen and oxygen atoms in total. The minimum absolute atomic E-state index is 0.0605. The van der Waals surface area contributed by atoms with Crippen molar-refractivity contribution >= 4 is 38.6 Å². The highest BCUT2D eigenvalue weighted by Gasteiger charge is 2.17. The molecule has 0 unspecified atom stereocenters. The molecular weight excluding hydrogens is 334 g/mol. The van der Waals surface area contributed by atoms with E-state index in [1.54, 1.807) is 36.7 Å². The molecule has 0 saturated carbocycles. The van der Waals surface area contributed by atoms with Crippen molar-refractivity contribution in [3.8, 4) is 5.69 Å². The smallest absolute Gasteiger partial charge is 0.273 e. The van der Waals surface area contributed by atoms with Gasteiger partial charge < -0.3 is 0 Å². The van der Waals surface area contributed by atoms with Crippen molar-refractivity contribution in [2.45, 2.75) is 4.21 Å². The number of nitrogens with zero attached hydrogens (tertiary/aromatic N) is 4. The quantitative estimate of drug-likeness (QED) is 0.785. The van der Waals surface area contributed by atoms with Crippen molar-refractivity contribution in [3.63, 3.8) is 0 Å². The van der Waals surface area contributed by atoms with E-state index in [1.165, 1.54) is 11.0 Å². The van der Waals surface area contributed by atoms with Crippen molar-refractivity contribution in [1.82, 2.24) is 20.0 Å². The Morgan fingerprint density at radius 3 is 2.38 bits per heavy atom. The van der Waals surface area contributed by atoms with E-state index in [-0.39, 0.29) is 8.68 Å². The lowest BCUT2D eigenvalue weighted by atomic mass is 10.3. The zero-order valence-corrected chi connectivity index (χ0v) is 12.7. The summed E-state index contributed by atoms with van der Waals surface area (Å²) >= 11 is 6.54. The van der Waals surface area contributed by atoms with Crippen LogP contribution in [0.15, 0.2) is 47.1 Å². The minimum Gasteiger partial charge on any atom is -0.279 e. The molecule has 108 valence electrons. The Kier molecular flexibility index (Phi) is 3.62. The third-order valence-corrected chi connectivity index (χ3v) is 5.45. The molecule has 21 heavy (non-hydrogen) atoms. The maximum Gasteiger partial charge on any atom is 0.273 e. The molecule has 10 heteroatoms. The van der Waals surface area contributed by atoms with Crippen LogP contribution in [0.3, 0.4) is 0 Å². The van der Waals surface area contributed by atoms with Gasteiger partial charge >= 0.3 is 0 Å². The summed E-state index contributed by atoms with van der Waals surface area (Å²) in [6, 6.07) is 6.66. The first-order valence-electron chi connectivity index (χ1n) is 5.65. The number of halogens is 1. The van der Waals surface area contributed by atoms with Crippen LogP contribution >= 0.6 is 22.9 Å². The van der Waals surface area contributed by atoms with Gasteiger partial charge in [-0.25, -0.2) is 13.4 Å². The van der Waals surface area contributed by atoms with Crippen molar-refractivity contribution < 1.29 is 8.42 Å². The predicted octanol–water partition coefficient (Wildman–Crippen LogP) is 2.18. The van der Waals surface area contributed by atoms with E-state index < -0.39 is 10.0 Å². The van der Waals surface area contributed by atoms with Crippen molar-refractivity contribution in [1.29, 1.82) is 0 Å². The molecule has 2 aromatic heterocycles. The molecule has 2 heterocycles. The highest BCUT2D eigenvalue weighted by molar-refractivity contribution is 7.94. The highest BCUT2D eigenvalue weighted by atomic mass is 35.5. The Hall–Kier alpha value is -1.97. The molecule has 0 bridgehead atoms. The van der Waals surface area contributed by atoms with Crippen LogP contribution in [0.4, 0.5) is 5.69 Å². The number of nitrogens with one attached hydrogen (secondary N) is 1. The van der Waals surface area contributed by atoms with Gasteiger partial charge in [0, 0.05) is 5.69 Å². The van der Waals surface area contributed by atoms with E-state index in [0.29, 0.717) is 5.69 Å². The summed E-state index contributed by atoms with van der Waals surface area (Å²) in [6.07, 6.45) is 4.34. The number of benzene rings is 1. The SMILES string of the molecule is O=S(=O)(Nc1ccc(-n2nccn2)cc1)c1cnc(Cl)s1. The first-order chi connectivity index (χ1) is 10.0. The first-order valence-corrected chi connectivity index (χ1v) is 8.33. The Morgan fingerprint density at radius 2 is 1.81 bits per heavy atom. The lowest BCUT2D eigenvalue weighted by molar-refractivity contribution is 0.603. The molecule has 0 aliphatic rings. The number of sulfonamides is 1. The van der Waals surface area contributed by atoms with E-state index in [4.69, 9.17) is 11.6 Å². The van der Waals surface area contributed by atoms with Gasteiger partial charge in [0.05, 0.1) is 24.3 Å². The summed E-state index contributed by atoms with van der Waals surface area (Å²) in [5.74, 6) is 0. The highest BCUT2D eigenvalue weighted by Crippen LogP contribution is 2.24. The summed E-state index contributed by atoms with van der Waals surface area (Å²) in [5, 5.41) is 7.97. The average molecular weight is 342 g/mol. The molecule has 0 atom stereocenters.